The number of anilines is 1. The smallest absolute Gasteiger partial charge is 0.222 e. The molecule has 0 atom stereocenters. The fourth-order valence-electron chi connectivity index (χ4n) is 0.693. The zero-order valence-electron chi connectivity index (χ0n) is 6.34. The molecule has 4 heteroatoms. The number of nitrogens with zero attached hydrogens (tertiary/aromatic N) is 2. The Balaban J connectivity index is 2.56. The first-order valence-corrected chi connectivity index (χ1v) is 3.96. The molecule has 0 aliphatic carbocycles. The lowest BCUT2D eigenvalue weighted by atomic mass is 10.5. The number of hydrogen-bond donors (Lipinski definition) is 1. The third-order valence-corrected chi connectivity index (χ3v) is 1.36. The van der Waals surface area contributed by atoms with Crippen LogP contribution in [-0.4, -0.2) is 22.4 Å². The summed E-state index contributed by atoms with van der Waals surface area (Å²) in [4.78, 5) is 8.13. The summed E-state index contributed by atoms with van der Waals surface area (Å²) in [6.45, 7) is 2.62. The zero-order chi connectivity index (χ0) is 8.10. The predicted molar refractivity (Wildman–Crippen MR) is 46.0 cm³/mol. The van der Waals surface area contributed by atoms with Crippen molar-refractivity contribution < 1.29 is 0 Å². The number of halogens is 1. The number of aromatic nitrogens is 2. The maximum absolute atomic E-state index is 5.47. The maximum Gasteiger partial charge on any atom is 0.222 e. The minimum absolute atomic E-state index is 0.567. The van der Waals surface area contributed by atoms with Gasteiger partial charge >= 0.3 is 0 Å². The van der Waals surface area contributed by atoms with Crippen molar-refractivity contribution in [3.05, 3.63) is 18.0 Å². The topological polar surface area (TPSA) is 37.8 Å². The van der Waals surface area contributed by atoms with E-state index in [4.69, 9.17) is 11.6 Å². The minimum Gasteiger partial charge on any atom is -0.353 e. The molecule has 11 heavy (non-hydrogen) atoms. The summed E-state index contributed by atoms with van der Waals surface area (Å²) in [6, 6.07) is 1.85. The molecule has 1 aromatic rings. The summed E-state index contributed by atoms with van der Waals surface area (Å²) >= 11 is 5.47. The number of alkyl halides is 1. The van der Waals surface area contributed by atoms with Gasteiger partial charge in [-0.05, 0) is 13.0 Å². The van der Waals surface area contributed by atoms with Crippen molar-refractivity contribution in [3.63, 3.8) is 0 Å². The zero-order valence-corrected chi connectivity index (χ0v) is 7.10. The lowest BCUT2D eigenvalue weighted by Crippen LogP contribution is -2.06. The van der Waals surface area contributed by atoms with Gasteiger partial charge in [-0.2, -0.15) is 0 Å². The second-order valence-electron chi connectivity index (χ2n) is 2.14. The molecule has 0 aliphatic rings. The monoisotopic (exact) mass is 171 g/mol. The Morgan fingerprint density at radius 3 is 3.09 bits per heavy atom. The van der Waals surface area contributed by atoms with E-state index in [-0.39, 0.29) is 0 Å². The highest BCUT2D eigenvalue weighted by Crippen LogP contribution is 1.97. The van der Waals surface area contributed by atoms with Gasteiger partial charge in [-0.3, -0.25) is 0 Å². The highest BCUT2D eigenvalue weighted by molar-refractivity contribution is 6.18. The fraction of sp³-hybridized carbons (Fsp3) is 0.429. The van der Waals surface area contributed by atoms with Crippen LogP contribution in [0.4, 0.5) is 5.95 Å². The van der Waals surface area contributed by atoms with Crippen LogP contribution >= 0.6 is 11.6 Å². The Kier molecular flexibility index (Phi) is 3.11. The third kappa shape index (κ3) is 2.72. The Bertz CT molecular complexity index is 227. The van der Waals surface area contributed by atoms with Gasteiger partial charge in [-0.1, -0.05) is 0 Å². The van der Waals surface area contributed by atoms with Crippen LogP contribution < -0.4 is 5.32 Å². The van der Waals surface area contributed by atoms with E-state index < -0.39 is 0 Å². The molecule has 1 rings (SSSR count). The van der Waals surface area contributed by atoms with Crippen molar-refractivity contribution in [3.8, 4) is 0 Å². The van der Waals surface area contributed by atoms with Gasteiger partial charge in [0.2, 0.25) is 5.95 Å². The van der Waals surface area contributed by atoms with Crippen molar-refractivity contribution in [2.24, 2.45) is 0 Å². The first-order valence-electron chi connectivity index (χ1n) is 3.42. The Morgan fingerprint density at radius 2 is 2.45 bits per heavy atom. The van der Waals surface area contributed by atoms with Crippen LogP contribution in [0.25, 0.3) is 0 Å². The molecule has 1 N–H and O–H groups in total. The number of hydrogen-bond acceptors (Lipinski definition) is 3. The number of rotatable bonds is 3. The molecule has 0 bridgehead atoms. The average molecular weight is 172 g/mol. The molecular weight excluding hydrogens is 162 g/mol. The van der Waals surface area contributed by atoms with E-state index in [1.165, 1.54) is 0 Å². The minimum atomic E-state index is 0.567. The van der Waals surface area contributed by atoms with E-state index in [9.17, 15) is 0 Å². The second kappa shape index (κ2) is 4.13. The second-order valence-corrected chi connectivity index (χ2v) is 2.52. The highest BCUT2D eigenvalue weighted by atomic mass is 35.5. The third-order valence-electron chi connectivity index (χ3n) is 1.17. The van der Waals surface area contributed by atoms with Crippen molar-refractivity contribution in [2.75, 3.05) is 17.7 Å². The number of aryl methyl sites for hydroxylation is 1. The molecule has 3 nitrogen and oxygen atoms in total. The van der Waals surface area contributed by atoms with E-state index in [0.717, 1.165) is 5.69 Å². The van der Waals surface area contributed by atoms with Gasteiger partial charge in [0, 0.05) is 24.3 Å². The fourth-order valence-corrected chi connectivity index (χ4v) is 0.788. The van der Waals surface area contributed by atoms with Gasteiger partial charge in [0.15, 0.2) is 0 Å². The van der Waals surface area contributed by atoms with E-state index in [1.54, 1.807) is 6.20 Å². The van der Waals surface area contributed by atoms with Crippen LogP contribution in [0.3, 0.4) is 0 Å². The summed E-state index contributed by atoms with van der Waals surface area (Å²) < 4.78 is 0. The highest BCUT2D eigenvalue weighted by Gasteiger charge is 1.92. The van der Waals surface area contributed by atoms with Gasteiger partial charge in [0.1, 0.15) is 0 Å². The van der Waals surface area contributed by atoms with Crippen molar-refractivity contribution in [2.45, 2.75) is 6.92 Å². The molecule has 0 spiro atoms. The Morgan fingerprint density at radius 1 is 1.64 bits per heavy atom. The van der Waals surface area contributed by atoms with Crippen LogP contribution in [0.5, 0.6) is 0 Å². The van der Waals surface area contributed by atoms with Gasteiger partial charge < -0.3 is 5.32 Å². The molecule has 0 fully saturated rings. The van der Waals surface area contributed by atoms with Crippen molar-refractivity contribution >= 4 is 17.5 Å². The predicted octanol–water partition coefficient (Wildman–Crippen LogP) is 1.44. The van der Waals surface area contributed by atoms with Gasteiger partial charge in [-0.25, -0.2) is 9.97 Å². The molecule has 0 aliphatic heterocycles. The van der Waals surface area contributed by atoms with E-state index >= 15 is 0 Å². The molecule has 60 valence electrons. The normalized spacial score (nSPS) is 9.64. The number of nitrogens with one attached hydrogen (secondary N) is 1. The van der Waals surface area contributed by atoms with Crippen LogP contribution in [0.1, 0.15) is 5.69 Å². The maximum atomic E-state index is 5.47. The van der Waals surface area contributed by atoms with Crippen LogP contribution in [-0.2, 0) is 0 Å². The van der Waals surface area contributed by atoms with Crippen molar-refractivity contribution in [1.82, 2.24) is 9.97 Å². The average Bonchev–Trinajstić information content (AvgIpc) is 2.01. The standard InChI is InChI=1S/C7H10ClN3/c1-6-2-4-9-7(11-6)10-5-3-8/h2,4H,3,5H2,1H3,(H,9,10,11). The summed E-state index contributed by atoms with van der Waals surface area (Å²) in [6.07, 6.45) is 1.72. The van der Waals surface area contributed by atoms with Gasteiger partial charge in [-0.15, -0.1) is 11.6 Å². The van der Waals surface area contributed by atoms with Crippen LogP contribution in [0.15, 0.2) is 12.3 Å². The van der Waals surface area contributed by atoms with E-state index in [1.807, 2.05) is 13.0 Å². The molecule has 0 saturated heterocycles. The molecule has 0 unspecified atom stereocenters. The van der Waals surface area contributed by atoms with E-state index in [0.29, 0.717) is 18.4 Å². The molecule has 0 amide bonds. The van der Waals surface area contributed by atoms with Crippen molar-refractivity contribution in [1.29, 1.82) is 0 Å². The molecule has 0 saturated carbocycles. The molecule has 0 radical (unpaired) electrons. The van der Waals surface area contributed by atoms with Crippen LogP contribution in [0, 0.1) is 6.92 Å². The largest absolute Gasteiger partial charge is 0.353 e. The lowest BCUT2D eigenvalue weighted by Gasteiger charge is -2.00. The summed E-state index contributed by atoms with van der Waals surface area (Å²) in [5.41, 5.74) is 0.956. The molecule has 1 aromatic heterocycles. The van der Waals surface area contributed by atoms with E-state index in [2.05, 4.69) is 15.3 Å². The summed E-state index contributed by atoms with van der Waals surface area (Å²) in [5, 5.41) is 2.98. The molecule has 0 aromatic carbocycles. The summed E-state index contributed by atoms with van der Waals surface area (Å²) in [7, 11) is 0. The van der Waals surface area contributed by atoms with Gasteiger partial charge in [0.05, 0.1) is 0 Å². The Hall–Kier alpha value is -0.830. The SMILES string of the molecule is Cc1ccnc(NCCCl)n1. The molecule has 1 heterocycles. The lowest BCUT2D eigenvalue weighted by molar-refractivity contribution is 1.05. The first-order chi connectivity index (χ1) is 5.33. The summed E-state index contributed by atoms with van der Waals surface area (Å²) in [5.74, 6) is 1.21. The van der Waals surface area contributed by atoms with Crippen LogP contribution in [0.2, 0.25) is 0 Å². The first kappa shape index (κ1) is 8.27. The molecular formula is C7H10ClN3. The van der Waals surface area contributed by atoms with Gasteiger partial charge in [0.25, 0.3) is 0 Å². The Labute approximate surface area is 70.8 Å². The quantitative estimate of drug-likeness (QED) is 0.700.